The number of amides is 2. The van der Waals surface area contributed by atoms with Gasteiger partial charge in [-0.05, 0) is 36.4 Å². The first-order chi connectivity index (χ1) is 13.7. The maximum Gasteiger partial charge on any atom is 0.319 e. The van der Waals surface area contributed by atoms with E-state index >= 15 is 0 Å². The second-order valence-electron chi connectivity index (χ2n) is 5.70. The number of nitrogens with zero attached hydrogens (tertiary/aromatic N) is 3. The normalized spacial score (nSPS) is 10.0. The second-order valence-corrected chi connectivity index (χ2v) is 5.70. The number of hydrogen-bond donors (Lipinski definition) is 4. The van der Waals surface area contributed by atoms with Crippen LogP contribution in [0.1, 0.15) is 0 Å². The lowest BCUT2D eigenvalue weighted by molar-refractivity contribution is 0.252. The van der Waals surface area contributed by atoms with Crippen molar-refractivity contribution in [3.63, 3.8) is 0 Å². The van der Waals surface area contributed by atoms with Crippen molar-refractivity contribution in [2.45, 2.75) is 0 Å². The van der Waals surface area contributed by atoms with E-state index in [-0.39, 0.29) is 6.03 Å². The highest BCUT2D eigenvalue weighted by molar-refractivity contribution is 5.89. The number of anilines is 4. The van der Waals surface area contributed by atoms with Gasteiger partial charge in [0.15, 0.2) is 5.82 Å². The van der Waals surface area contributed by atoms with Crippen LogP contribution in [0, 0.1) is 0 Å². The maximum atomic E-state index is 11.9. The molecule has 2 amide bonds. The third kappa shape index (κ3) is 5.84. The SMILES string of the molecule is COc1cccc(NC(=O)NCCNc2ccc(Nc3ccncc3)nn2)c1. The molecular formula is C19H21N7O2. The van der Waals surface area contributed by atoms with Gasteiger partial charge in [-0.15, -0.1) is 10.2 Å². The number of carbonyl (C=O) groups is 1. The van der Waals surface area contributed by atoms with Crippen LogP contribution in [0.5, 0.6) is 5.75 Å². The summed E-state index contributed by atoms with van der Waals surface area (Å²) >= 11 is 0. The molecule has 3 rings (SSSR count). The Kier molecular flexibility index (Phi) is 6.56. The van der Waals surface area contributed by atoms with Crippen LogP contribution in [-0.4, -0.2) is 41.4 Å². The number of urea groups is 1. The smallest absolute Gasteiger partial charge is 0.319 e. The lowest BCUT2D eigenvalue weighted by Gasteiger charge is -2.10. The van der Waals surface area contributed by atoms with Crippen molar-refractivity contribution >= 4 is 29.0 Å². The molecule has 2 aromatic heterocycles. The topological polar surface area (TPSA) is 113 Å². The number of pyridine rings is 1. The van der Waals surface area contributed by atoms with E-state index in [0.717, 1.165) is 5.69 Å². The van der Waals surface area contributed by atoms with E-state index in [2.05, 4.69) is 36.4 Å². The van der Waals surface area contributed by atoms with Crippen molar-refractivity contribution in [3.05, 3.63) is 60.9 Å². The van der Waals surface area contributed by atoms with Gasteiger partial charge in [-0.25, -0.2) is 4.79 Å². The molecule has 0 saturated heterocycles. The van der Waals surface area contributed by atoms with E-state index in [1.807, 2.05) is 36.4 Å². The zero-order valence-corrected chi connectivity index (χ0v) is 15.3. The Labute approximate surface area is 162 Å². The summed E-state index contributed by atoms with van der Waals surface area (Å²) in [5.74, 6) is 1.93. The molecule has 0 atom stereocenters. The number of benzene rings is 1. The summed E-state index contributed by atoms with van der Waals surface area (Å²) < 4.78 is 5.12. The minimum absolute atomic E-state index is 0.293. The molecule has 2 heterocycles. The number of ether oxygens (including phenoxy) is 1. The Balaban J connectivity index is 1.38. The molecule has 1 aromatic carbocycles. The summed E-state index contributed by atoms with van der Waals surface area (Å²) in [6.45, 7) is 0.936. The summed E-state index contributed by atoms with van der Waals surface area (Å²) in [4.78, 5) is 15.9. The quantitative estimate of drug-likeness (QED) is 0.445. The molecule has 9 nitrogen and oxygen atoms in total. The monoisotopic (exact) mass is 379 g/mol. The summed E-state index contributed by atoms with van der Waals surface area (Å²) in [6, 6.07) is 14.2. The highest BCUT2D eigenvalue weighted by atomic mass is 16.5. The molecule has 0 radical (unpaired) electrons. The molecule has 4 N–H and O–H groups in total. The third-order valence-corrected chi connectivity index (χ3v) is 3.66. The first-order valence-corrected chi connectivity index (χ1v) is 8.66. The Morgan fingerprint density at radius 1 is 0.964 bits per heavy atom. The van der Waals surface area contributed by atoms with Gasteiger partial charge >= 0.3 is 6.03 Å². The molecule has 0 aliphatic rings. The Bertz CT molecular complexity index is 888. The van der Waals surface area contributed by atoms with Gasteiger partial charge < -0.3 is 26.0 Å². The van der Waals surface area contributed by atoms with Gasteiger partial charge in [0.05, 0.1) is 7.11 Å². The number of carbonyl (C=O) groups excluding carboxylic acids is 1. The van der Waals surface area contributed by atoms with Crippen LogP contribution in [0.3, 0.4) is 0 Å². The molecule has 0 aliphatic heterocycles. The van der Waals surface area contributed by atoms with Crippen molar-refractivity contribution < 1.29 is 9.53 Å². The molecule has 0 unspecified atom stereocenters. The van der Waals surface area contributed by atoms with E-state index in [1.54, 1.807) is 31.6 Å². The van der Waals surface area contributed by atoms with Crippen LogP contribution < -0.4 is 26.0 Å². The minimum Gasteiger partial charge on any atom is -0.497 e. The summed E-state index contributed by atoms with van der Waals surface area (Å²) in [7, 11) is 1.58. The van der Waals surface area contributed by atoms with E-state index < -0.39 is 0 Å². The van der Waals surface area contributed by atoms with E-state index in [1.165, 1.54) is 0 Å². The van der Waals surface area contributed by atoms with Crippen LogP contribution in [0.4, 0.5) is 27.8 Å². The second kappa shape index (κ2) is 9.72. The van der Waals surface area contributed by atoms with Crippen molar-refractivity contribution in [2.24, 2.45) is 0 Å². The molecule has 3 aromatic rings. The number of hydrogen-bond acceptors (Lipinski definition) is 7. The fourth-order valence-corrected chi connectivity index (χ4v) is 2.32. The van der Waals surface area contributed by atoms with Gasteiger partial charge in [0.1, 0.15) is 11.6 Å². The third-order valence-electron chi connectivity index (χ3n) is 3.66. The summed E-state index contributed by atoms with van der Waals surface area (Å²) in [5.41, 5.74) is 1.55. The van der Waals surface area contributed by atoms with E-state index in [0.29, 0.717) is 36.2 Å². The molecule has 0 saturated carbocycles. The van der Waals surface area contributed by atoms with Crippen molar-refractivity contribution in [3.8, 4) is 5.75 Å². The van der Waals surface area contributed by atoms with Gasteiger partial charge in [-0.1, -0.05) is 6.07 Å². The molecule has 0 fully saturated rings. The highest BCUT2D eigenvalue weighted by Gasteiger charge is 2.03. The van der Waals surface area contributed by atoms with E-state index in [4.69, 9.17) is 4.74 Å². The van der Waals surface area contributed by atoms with Crippen LogP contribution >= 0.6 is 0 Å². The number of nitrogens with one attached hydrogen (secondary N) is 4. The lowest BCUT2D eigenvalue weighted by Crippen LogP contribution is -2.32. The Morgan fingerprint density at radius 3 is 2.50 bits per heavy atom. The fourth-order valence-electron chi connectivity index (χ4n) is 2.32. The predicted octanol–water partition coefficient (Wildman–Crippen LogP) is 2.86. The molecule has 144 valence electrons. The van der Waals surface area contributed by atoms with Gasteiger partial charge in [0.2, 0.25) is 0 Å². The highest BCUT2D eigenvalue weighted by Crippen LogP contribution is 2.16. The average Bonchev–Trinajstić information content (AvgIpc) is 2.73. The summed E-state index contributed by atoms with van der Waals surface area (Å²) in [6.07, 6.45) is 3.40. The number of aromatic nitrogens is 3. The largest absolute Gasteiger partial charge is 0.497 e. The maximum absolute atomic E-state index is 11.9. The molecule has 0 bridgehead atoms. The lowest BCUT2D eigenvalue weighted by atomic mass is 10.3. The Hall–Kier alpha value is -3.88. The van der Waals surface area contributed by atoms with Crippen molar-refractivity contribution in [1.82, 2.24) is 20.5 Å². The minimum atomic E-state index is -0.293. The zero-order chi connectivity index (χ0) is 19.6. The average molecular weight is 379 g/mol. The molecular weight excluding hydrogens is 358 g/mol. The molecule has 0 aliphatic carbocycles. The Morgan fingerprint density at radius 2 is 1.75 bits per heavy atom. The standard InChI is InChI=1S/C19H21N7O2/c1-28-16-4-2-3-15(13-16)24-19(27)22-12-11-21-17-5-6-18(26-25-17)23-14-7-9-20-10-8-14/h2-10,13H,11-12H2,1H3,(H,21,25)(H,20,23,26)(H2,22,24,27). The summed E-state index contributed by atoms with van der Waals surface area (Å²) in [5, 5.41) is 19.9. The van der Waals surface area contributed by atoms with Gasteiger partial charge in [-0.2, -0.15) is 0 Å². The van der Waals surface area contributed by atoms with Crippen LogP contribution in [-0.2, 0) is 0 Å². The van der Waals surface area contributed by atoms with E-state index in [9.17, 15) is 4.79 Å². The van der Waals surface area contributed by atoms with Gasteiger partial charge in [-0.3, -0.25) is 4.98 Å². The number of rotatable bonds is 8. The van der Waals surface area contributed by atoms with Crippen molar-refractivity contribution in [1.29, 1.82) is 0 Å². The van der Waals surface area contributed by atoms with Crippen molar-refractivity contribution in [2.75, 3.05) is 36.1 Å². The first kappa shape index (κ1) is 18.9. The fraction of sp³-hybridized carbons (Fsp3) is 0.158. The predicted molar refractivity (Wildman–Crippen MR) is 108 cm³/mol. The molecule has 28 heavy (non-hydrogen) atoms. The first-order valence-electron chi connectivity index (χ1n) is 8.66. The van der Waals surface area contributed by atoms with Gasteiger partial charge in [0.25, 0.3) is 0 Å². The van der Waals surface area contributed by atoms with Gasteiger partial charge in [0, 0.05) is 42.9 Å². The molecule has 0 spiro atoms. The van der Waals surface area contributed by atoms with Crippen LogP contribution in [0.15, 0.2) is 60.9 Å². The van der Waals surface area contributed by atoms with Crippen LogP contribution in [0.25, 0.3) is 0 Å². The molecule has 9 heteroatoms. The number of methoxy groups -OCH3 is 1. The van der Waals surface area contributed by atoms with Crippen LogP contribution in [0.2, 0.25) is 0 Å². The zero-order valence-electron chi connectivity index (χ0n) is 15.3.